The minimum Gasteiger partial charge on any atom is -0.454 e. The molecule has 112 valence electrons. The Bertz CT molecular complexity index is 592. The molecule has 0 atom stereocenters. The van der Waals surface area contributed by atoms with Crippen LogP contribution in [0, 0.1) is 5.82 Å². The van der Waals surface area contributed by atoms with Crippen molar-refractivity contribution in [2.24, 2.45) is 0 Å². The Morgan fingerprint density at radius 3 is 2.71 bits per heavy atom. The number of para-hydroxylation sites is 1. The van der Waals surface area contributed by atoms with Gasteiger partial charge in [-0.25, -0.2) is 4.39 Å². The van der Waals surface area contributed by atoms with E-state index in [2.05, 4.69) is 21.2 Å². The summed E-state index contributed by atoms with van der Waals surface area (Å²) in [4.78, 5) is 0. The van der Waals surface area contributed by atoms with E-state index in [1.165, 1.54) is 6.07 Å². The molecule has 1 N–H and O–H groups in total. The largest absolute Gasteiger partial charge is 0.454 e. The van der Waals surface area contributed by atoms with Crippen LogP contribution in [-0.4, -0.2) is 20.3 Å². The molecular formula is C16H17BrFNO2. The van der Waals surface area contributed by atoms with Gasteiger partial charge < -0.3 is 14.8 Å². The van der Waals surface area contributed by atoms with Gasteiger partial charge in [0.25, 0.3) is 0 Å². The Kier molecular flexibility index (Phi) is 6.17. The van der Waals surface area contributed by atoms with Crippen molar-refractivity contribution in [1.29, 1.82) is 0 Å². The Morgan fingerprint density at radius 2 is 1.95 bits per heavy atom. The third-order valence-electron chi connectivity index (χ3n) is 2.88. The van der Waals surface area contributed by atoms with Crippen molar-refractivity contribution in [2.45, 2.75) is 6.54 Å². The standard InChI is InChI=1S/C16H17BrFNO2/c1-20-9-8-19-11-12-6-7-13(17)10-16(12)21-15-5-3-2-4-14(15)18/h2-7,10,19H,8-9,11H2,1H3. The molecule has 0 aliphatic heterocycles. The van der Waals surface area contributed by atoms with Gasteiger partial charge >= 0.3 is 0 Å². The molecule has 0 fully saturated rings. The van der Waals surface area contributed by atoms with Crippen molar-refractivity contribution in [2.75, 3.05) is 20.3 Å². The summed E-state index contributed by atoms with van der Waals surface area (Å²) in [6, 6.07) is 12.1. The number of hydrogen-bond acceptors (Lipinski definition) is 3. The maximum absolute atomic E-state index is 13.7. The topological polar surface area (TPSA) is 30.5 Å². The Morgan fingerprint density at radius 1 is 1.14 bits per heavy atom. The summed E-state index contributed by atoms with van der Waals surface area (Å²) >= 11 is 3.41. The molecule has 21 heavy (non-hydrogen) atoms. The normalized spacial score (nSPS) is 10.6. The fourth-order valence-electron chi connectivity index (χ4n) is 1.81. The van der Waals surface area contributed by atoms with Gasteiger partial charge in [-0.1, -0.05) is 34.1 Å². The SMILES string of the molecule is COCCNCc1ccc(Br)cc1Oc1ccccc1F. The lowest BCUT2D eigenvalue weighted by atomic mass is 10.2. The first-order valence-corrected chi connectivity index (χ1v) is 7.40. The Labute approximate surface area is 132 Å². The van der Waals surface area contributed by atoms with Gasteiger partial charge in [0.05, 0.1) is 6.61 Å². The van der Waals surface area contributed by atoms with E-state index in [1.807, 2.05) is 18.2 Å². The maximum Gasteiger partial charge on any atom is 0.165 e. The van der Waals surface area contributed by atoms with Crippen molar-refractivity contribution in [3.05, 3.63) is 58.3 Å². The van der Waals surface area contributed by atoms with Crippen molar-refractivity contribution < 1.29 is 13.9 Å². The molecule has 0 saturated carbocycles. The van der Waals surface area contributed by atoms with Gasteiger partial charge in [0, 0.05) is 30.2 Å². The van der Waals surface area contributed by atoms with Crippen molar-refractivity contribution >= 4 is 15.9 Å². The summed E-state index contributed by atoms with van der Waals surface area (Å²) in [6.45, 7) is 2.01. The third-order valence-corrected chi connectivity index (χ3v) is 3.38. The summed E-state index contributed by atoms with van der Waals surface area (Å²) in [5.41, 5.74) is 0.956. The van der Waals surface area contributed by atoms with Gasteiger partial charge in [-0.3, -0.25) is 0 Å². The average Bonchev–Trinajstić information content (AvgIpc) is 2.48. The molecule has 0 amide bonds. The summed E-state index contributed by atoms with van der Waals surface area (Å²) in [7, 11) is 1.66. The minimum absolute atomic E-state index is 0.216. The van der Waals surface area contributed by atoms with Crippen LogP contribution in [0.15, 0.2) is 46.9 Å². The number of benzene rings is 2. The van der Waals surface area contributed by atoms with Crippen LogP contribution in [0.1, 0.15) is 5.56 Å². The van der Waals surface area contributed by atoms with E-state index in [1.54, 1.807) is 25.3 Å². The summed E-state index contributed by atoms with van der Waals surface area (Å²) in [5, 5.41) is 3.25. The molecule has 0 bridgehead atoms. The fraction of sp³-hybridized carbons (Fsp3) is 0.250. The summed E-state index contributed by atoms with van der Waals surface area (Å²) in [5.74, 6) is 0.462. The molecule has 3 nitrogen and oxygen atoms in total. The fourth-order valence-corrected chi connectivity index (χ4v) is 2.15. The monoisotopic (exact) mass is 353 g/mol. The zero-order chi connectivity index (χ0) is 15.1. The third kappa shape index (κ3) is 4.81. The predicted molar refractivity (Wildman–Crippen MR) is 84.2 cm³/mol. The predicted octanol–water partition coefficient (Wildman–Crippen LogP) is 4.12. The summed E-state index contributed by atoms with van der Waals surface area (Å²) < 4.78 is 25.3. The van der Waals surface area contributed by atoms with E-state index >= 15 is 0 Å². The number of ether oxygens (including phenoxy) is 2. The van der Waals surface area contributed by atoms with Gasteiger partial charge in [0.1, 0.15) is 5.75 Å². The molecule has 2 aromatic carbocycles. The average molecular weight is 354 g/mol. The lowest BCUT2D eigenvalue weighted by molar-refractivity contribution is 0.199. The van der Waals surface area contributed by atoms with E-state index in [0.717, 1.165) is 16.6 Å². The van der Waals surface area contributed by atoms with Crippen LogP contribution in [0.2, 0.25) is 0 Å². The van der Waals surface area contributed by atoms with Crippen LogP contribution in [0.3, 0.4) is 0 Å². The number of rotatable bonds is 7. The van der Waals surface area contributed by atoms with Crippen molar-refractivity contribution in [1.82, 2.24) is 5.32 Å². The van der Waals surface area contributed by atoms with E-state index in [4.69, 9.17) is 9.47 Å². The number of hydrogen-bond donors (Lipinski definition) is 1. The number of halogens is 2. The van der Waals surface area contributed by atoms with Gasteiger partial charge in [-0.05, 0) is 24.3 Å². The summed E-state index contributed by atoms with van der Waals surface area (Å²) in [6.07, 6.45) is 0. The number of nitrogens with one attached hydrogen (secondary N) is 1. The van der Waals surface area contributed by atoms with E-state index in [9.17, 15) is 4.39 Å². The van der Waals surface area contributed by atoms with Crippen molar-refractivity contribution in [3.8, 4) is 11.5 Å². The molecular weight excluding hydrogens is 337 g/mol. The van der Waals surface area contributed by atoms with Crippen LogP contribution in [0.5, 0.6) is 11.5 Å². The second kappa shape index (κ2) is 8.12. The van der Waals surface area contributed by atoms with Crippen LogP contribution >= 0.6 is 15.9 Å². The highest BCUT2D eigenvalue weighted by Crippen LogP contribution is 2.30. The molecule has 0 unspecified atom stereocenters. The quantitative estimate of drug-likeness (QED) is 0.759. The molecule has 0 aliphatic carbocycles. The van der Waals surface area contributed by atoms with E-state index in [0.29, 0.717) is 18.9 Å². The smallest absolute Gasteiger partial charge is 0.165 e. The lowest BCUT2D eigenvalue weighted by Crippen LogP contribution is -2.18. The molecule has 5 heteroatoms. The second-order valence-electron chi connectivity index (χ2n) is 4.45. The molecule has 0 heterocycles. The zero-order valence-corrected chi connectivity index (χ0v) is 13.3. The Balaban J connectivity index is 2.13. The lowest BCUT2D eigenvalue weighted by Gasteiger charge is -2.13. The van der Waals surface area contributed by atoms with E-state index < -0.39 is 0 Å². The highest BCUT2D eigenvalue weighted by Gasteiger charge is 2.09. The second-order valence-corrected chi connectivity index (χ2v) is 5.37. The van der Waals surface area contributed by atoms with Crippen molar-refractivity contribution in [3.63, 3.8) is 0 Å². The Hall–Kier alpha value is -1.43. The van der Waals surface area contributed by atoms with Gasteiger partial charge in [-0.15, -0.1) is 0 Å². The minimum atomic E-state index is -0.379. The molecule has 2 rings (SSSR count). The molecule has 0 spiro atoms. The van der Waals surface area contributed by atoms with Gasteiger partial charge in [-0.2, -0.15) is 0 Å². The first-order chi connectivity index (χ1) is 10.2. The maximum atomic E-state index is 13.7. The number of methoxy groups -OCH3 is 1. The van der Waals surface area contributed by atoms with Crippen LogP contribution in [0.25, 0.3) is 0 Å². The highest BCUT2D eigenvalue weighted by atomic mass is 79.9. The first kappa shape index (κ1) is 15.9. The molecule has 0 saturated heterocycles. The van der Waals surface area contributed by atoms with Gasteiger partial charge in [0.15, 0.2) is 11.6 Å². The van der Waals surface area contributed by atoms with E-state index in [-0.39, 0.29) is 11.6 Å². The van der Waals surface area contributed by atoms with Crippen LogP contribution in [-0.2, 0) is 11.3 Å². The molecule has 2 aromatic rings. The van der Waals surface area contributed by atoms with Crippen LogP contribution in [0.4, 0.5) is 4.39 Å². The molecule has 0 radical (unpaired) electrons. The first-order valence-electron chi connectivity index (χ1n) is 6.61. The zero-order valence-electron chi connectivity index (χ0n) is 11.7. The van der Waals surface area contributed by atoms with Crippen LogP contribution < -0.4 is 10.1 Å². The molecule has 0 aromatic heterocycles. The highest BCUT2D eigenvalue weighted by molar-refractivity contribution is 9.10. The van der Waals surface area contributed by atoms with Gasteiger partial charge in [0.2, 0.25) is 0 Å². The molecule has 0 aliphatic rings.